The third kappa shape index (κ3) is 7.80. The highest BCUT2D eigenvalue weighted by Crippen LogP contribution is 2.29. The minimum absolute atomic E-state index is 0.0934. The molecule has 0 aliphatic heterocycles. The fourth-order valence-corrected chi connectivity index (χ4v) is 2.53. The first-order valence-electron chi connectivity index (χ1n) is 9.46. The summed E-state index contributed by atoms with van der Waals surface area (Å²) in [6.45, 7) is -5.44. The Bertz CT molecular complexity index is 903. The molecule has 0 bridgehead atoms. The molecule has 0 saturated heterocycles. The number of alkyl halides is 4. The van der Waals surface area contributed by atoms with Gasteiger partial charge in [0.15, 0.2) is 0 Å². The van der Waals surface area contributed by atoms with Crippen molar-refractivity contribution in [1.29, 1.82) is 0 Å². The number of carbonyl (C=O) groups is 1. The maximum Gasteiger partial charge on any atom is 0.387 e. The molecule has 6 nitrogen and oxygen atoms in total. The summed E-state index contributed by atoms with van der Waals surface area (Å²) in [5, 5.41) is 2.63. The lowest BCUT2D eigenvalue weighted by Gasteiger charge is -2.11. The van der Waals surface area contributed by atoms with Crippen LogP contribution in [0, 0.1) is 5.92 Å². The quantitative estimate of drug-likeness (QED) is 0.414. The Morgan fingerprint density at radius 1 is 1.13 bits per heavy atom. The van der Waals surface area contributed by atoms with Crippen molar-refractivity contribution >= 4 is 12.0 Å². The first-order valence-corrected chi connectivity index (χ1v) is 9.46. The van der Waals surface area contributed by atoms with Crippen molar-refractivity contribution in [2.45, 2.75) is 32.6 Å². The number of halogens is 4. The fourth-order valence-electron chi connectivity index (χ4n) is 2.53. The van der Waals surface area contributed by atoms with Gasteiger partial charge in [-0.15, -0.1) is 0 Å². The van der Waals surface area contributed by atoms with E-state index in [-0.39, 0.29) is 17.9 Å². The number of hydrogen-bond donors (Lipinski definition) is 1. The lowest BCUT2D eigenvalue weighted by molar-refractivity contribution is -0.116. The summed E-state index contributed by atoms with van der Waals surface area (Å²) in [6.07, 6.45) is 6.29. The minimum atomic E-state index is -3.17. The Morgan fingerprint density at radius 3 is 2.55 bits per heavy atom. The van der Waals surface area contributed by atoms with Crippen molar-refractivity contribution in [2.75, 3.05) is 6.61 Å². The van der Waals surface area contributed by atoms with Gasteiger partial charge < -0.3 is 19.5 Å². The molecule has 0 atom stereocenters. The van der Waals surface area contributed by atoms with E-state index >= 15 is 0 Å². The maximum atomic E-state index is 12.6. The van der Waals surface area contributed by atoms with Crippen LogP contribution >= 0.6 is 0 Å². The number of nitrogens with one attached hydrogen (secondary N) is 1. The topological polar surface area (TPSA) is 69.7 Å². The van der Waals surface area contributed by atoms with Gasteiger partial charge in [0.25, 0.3) is 0 Å². The van der Waals surface area contributed by atoms with Crippen LogP contribution in [-0.4, -0.2) is 30.7 Å². The number of aromatic nitrogens is 1. The summed E-state index contributed by atoms with van der Waals surface area (Å²) in [7, 11) is 0. The number of rotatable bonds is 11. The van der Waals surface area contributed by atoms with Crippen molar-refractivity contribution in [3.8, 4) is 17.4 Å². The average Bonchev–Trinajstić information content (AvgIpc) is 3.54. The standard InChI is InChI=1S/C21H20F4N2O4/c22-20(23)30-16-6-4-15(17(9-16)31-21(24)25)5-7-18(28)26-10-14-3-8-19(27-11-14)29-12-13-1-2-13/h3-9,11,13,20-21H,1-2,10,12H2,(H,26,28)/b7-5+. The van der Waals surface area contributed by atoms with E-state index in [0.717, 1.165) is 23.8 Å². The molecule has 1 heterocycles. The molecule has 0 unspecified atom stereocenters. The van der Waals surface area contributed by atoms with E-state index in [1.165, 1.54) is 25.0 Å². The third-order valence-corrected chi connectivity index (χ3v) is 4.27. The van der Waals surface area contributed by atoms with Gasteiger partial charge in [-0.25, -0.2) is 4.98 Å². The molecule has 10 heteroatoms. The largest absolute Gasteiger partial charge is 0.477 e. The lowest BCUT2D eigenvalue weighted by Crippen LogP contribution is -2.20. The molecule has 1 amide bonds. The normalized spacial score (nSPS) is 13.6. The summed E-state index contributed by atoms with van der Waals surface area (Å²) >= 11 is 0. The van der Waals surface area contributed by atoms with Crippen molar-refractivity contribution in [2.24, 2.45) is 5.92 Å². The predicted molar refractivity (Wildman–Crippen MR) is 103 cm³/mol. The van der Waals surface area contributed by atoms with Crippen LogP contribution in [0.3, 0.4) is 0 Å². The van der Waals surface area contributed by atoms with Gasteiger partial charge in [0.2, 0.25) is 11.8 Å². The molecule has 1 aromatic heterocycles. The highest BCUT2D eigenvalue weighted by molar-refractivity contribution is 5.92. The van der Waals surface area contributed by atoms with Crippen LogP contribution in [0.4, 0.5) is 17.6 Å². The van der Waals surface area contributed by atoms with E-state index < -0.39 is 24.9 Å². The van der Waals surface area contributed by atoms with Gasteiger partial charge in [0.05, 0.1) is 6.61 Å². The number of benzene rings is 1. The van der Waals surface area contributed by atoms with Gasteiger partial charge in [0, 0.05) is 36.5 Å². The lowest BCUT2D eigenvalue weighted by atomic mass is 10.1. The Kier molecular flexibility index (Phi) is 7.69. The average molecular weight is 440 g/mol. The molecule has 1 fully saturated rings. The van der Waals surface area contributed by atoms with E-state index in [0.29, 0.717) is 18.4 Å². The van der Waals surface area contributed by atoms with E-state index in [4.69, 9.17) is 4.74 Å². The monoisotopic (exact) mass is 440 g/mol. The molecular weight excluding hydrogens is 420 g/mol. The fraction of sp³-hybridized carbons (Fsp3) is 0.333. The van der Waals surface area contributed by atoms with E-state index in [2.05, 4.69) is 19.8 Å². The molecule has 1 N–H and O–H groups in total. The van der Waals surface area contributed by atoms with Crippen LogP contribution in [0.15, 0.2) is 42.6 Å². The minimum Gasteiger partial charge on any atom is -0.477 e. The van der Waals surface area contributed by atoms with Crippen LogP contribution in [-0.2, 0) is 11.3 Å². The van der Waals surface area contributed by atoms with Crippen LogP contribution in [0.25, 0.3) is 6.08 Å². The van der Waals surface area contributed by atoms with E-state index in [1.54, 1.807) is 18.3 Å². The zero-order valence-corrected chi connectivity index (χ0v) is 16.3. The summed E-state index contributed by atoms with van der Waals surface area (Å²) in [4.78, 5) is 16.2. The first kappa shape index (κ1) is 22.4. The molecular formula is C21H20F4N2O4. The van der Waals surface area contributed by atoms with Gasteiger partial charge >= 0.3 is 13.2 Å². The number of ether oxygens (including phenoxy) is 3. The number of carbonyl (C=O) groups excluding carboxylic acids is 1. The van der Waals surface area contributed by atoms with Gasteiger partial charge in [0.1, 0.15) is 11.5 Å². The number of nitrogens with zero attached hydrogens (tertiary/aromatic N) is 1. The Hall–Kier alpha value is -3.30. The van der Waals surface area contributed by atoms with Crippen molar-refractivity contribution in [1.82, 2.24) is 10.3 Å². The Balaban J connectivity index is 1.54. The number of hydrogen-bond acceptors (Lipinski definition) is 5. The molecule has 3 rings (SSSR count). The van der Waals surface area contributed by atoms with Crippen molar-refractivity contribution in [3.05, 3.63) is 53.7 Å². The highest BCUT2D eigenvalue weighted by atomic mass is 19.3. The van der Waals surface area contributed by atoms with Crippen molar-refractivity contribution < 1.29 is 36.6 Å². The van der Waals surface area contributed by atoms with Gasteiger partial charge in [-0.05, 0) is 42.5 Å². The highest BCUT2D eigenvalue weighted by Gasteiger charge is 2.22. The molecule has 0 spiro atoms. The molecule has 166 valence electrons. The second kappa shape index (κ2) is 10.6. The summed E-state index contributed by atoms with van der Waals surface area (Å²) < 4.78 is 63.8. The Morgan fingerprint density at radius 2 is 1.90 bits per heavy atom. The van der Waals surface area contributed by atoms with Gasteiger partial charge in [-0.2, -0.15) is 17.6 Å². The summed E-state index contributed by atoms with van der Waals surface area (Å²) in [5.41, 5.74) is 0.839. The number of pyridine rings is 1. The third-order valence-electron chi connectivity index (χ3n) is 4.27. The zero-order valence-electron chi connectivity index (χ0n) is 16.3. The summed E-state index contributed by atoms with van der Waals surface area (Å²) in [5.74, 6) is -0.0997. The molecule has 1 aromatic carbocycles. The molecule has 1 saturated carbocycles. The molecule has 0 radical (unpaired) electrons. The molecule has 2 aromatic rings. The zero-order chi connectivity index (χ0) is 22.2. The van der Waals surface area contributed by atoms with Crippen LogP contribution in [0.2, 0.25) is 0 Å². The summed E-state index contributed by atoms with van der Waals surface area (Å²) in [6, 6.07) is 6.77. The van der Waals surface area contributed by atoms with Crippen LogP contribution in [0.5, 0.6) is 17.4 Å². The first-order chi connectivity index (χ1) is 14.9. The molecule has 31 heavy (non-hydrogen) atoms. The number of amides is 1. The second-order valence-corrected chi connectivity index (χ2v) is 6.77. The van der Waals surface area contributed by atoms with Crippen molar-refractivity contribution in [3.63, 3.8) is 0 Å². The molecule has 1 aliphatic carbocycles. The second-order valence-electron chi connectivity index (χ2n) is 6.77. The van der Waals surface area contributed by atoms with Gasteiger partial charge in [-0.1, -0.05) is 6.07 Å². The van der Waals surface area contributed by atoms with Crippen LogP contribution in [0.1, 0.15) is 24.0 Å². The maximum absolute atomic E-state index is 12.6. The van der Waals surface area contributed by atoms with Gasteiger partial charge in [-0.3, -0.25) is 4.79 Å². The van der Waals surface area contributed by atoms with E-state index in [1.807, 2.05) is 0 Å². The van der Waals surface area contributed by atoms with Crippen LogP contribution < -0.4 is 19.5 Å². The van der Waals surface area contributed by atoms with E-state index in [9.17, 15) is 22.4 Å². The Labute approximate surface area is 175 Å². The smallest absolute Gasteiger partial charge is 0.387 e. The SMILES string of the molecule is O=C(/C=C/c1ccc(OC(F)F)cc1OC(F)F)NCc1ccc(OCC2CC2)nc1. The molecule has 1 aliphatic rings. The predicted octanol–water partition coefficient (Wildman–Crippen LogP) is 4.40.